The third-order valence-corrected chi connectivity index (χ3v) is 7.71. The second kappa shape index (κ2) is 7.99. The van der Waals surface area contributed by atoms with E-state index in [4.69, 9.17) is 4.98 Å². The Hall–Kier alpha value is -2.47. The summed E-state index contributed by atoms with van der Waals surface area (Å²) >= 11 is 1.84. The molecule has 2 aliphatic rings. The fourth-order valence-electron chi connectivity index (χ4n) is 4.69. The number of amides is 1. The monoisotopic (exact) mass is 420 g/mol. The van der Waals surface area contributed by atoms with E-state index in [0.717, 1.165) is 67.6 Å². The lowest BCUT2D eigenvalue weighted by Crippen LogP contribution is -2.49. The number of carbonyl (C=O) groups is 1. The van der Waals surface area contributed by atoms with Crippen LogP contribution < -0.4 is 4.90 Å². The van der Waals surface area contributed by atoms with Crippen molar-refractivity contribution >= 4 is 33.3 Å². The predicted molar refractivity (Wildman–Crippen MR) is 123 cm³/mol. The summed E-state index contributed by atoms with van der Waals surface area (Å²) in [5.74, 6) is 1.95. The Kier molecular flexibility index (Phi) is 5.19. The smallest absolute Gasteiger partial charge is 0.253 e. The number of rotatable bonds is 3. The minimum atomic E-state index is 0.132. The highest BCUT2D eigenvalue weighted by atomic mass is 32.1. The Balaban J connectivity index is 1.34. The van der Waals surface area contributed by atoms with Gasteiger partial charge in [0.1, 0.15) is 17.0 Å². The highest BCUT2D eigenvalue weighted by Gasteiger charge is 2.28. The summed E-state index contributed by atoms with van der Waals surface area (Å²) in [4.78, 5) is 29.1. The Morgan fingerprint density at radius 2 is 1.90 bits per heavy atom. The van der Waals surface area contributed by atoms with E-state index in [1.165, 1.54) is 27.8 Å². The minimum absolute atomic E-state index is 0.132. The first kappa shape index (κ1) is 19.5. The van der Waals surface area contributed by atoms with Gasteiger partial charge in [0.25, 0.3) is 5.91 Å². The van der Waals surface area contributed by atoms with Crippen molar-refractivity contribution in [3.8, 4) is 0 Å². The summed E-state index contributed by atoms with van der Waals surface area (Å²) in [6.45, 7) is 7.54. The summed E-state index contributed by atoms with van der Waals surface area (Å²) < 4.78 is 0. The van der Waals surface area contributed by atoms with Crippen molar-refractivity contribution in [2.24, 2.45) is 5.92 Å². The molecule has 3 aromatic rings. The van der Waals surface area contributed by atoms with Crippen LogP contribution in [0.5, 0.6) is 0 Å². The van der Waals surface area contributed by atoms with Gasteiger partial charge in [0.15, 0.2) is 0 Å². The summed E-state index contributed by atoms with van der Waals surface area (Å²) in [5.41, 5.74) is 3.52. The van der Waals surface area contributed by atoms with Crippen molar-refractivity contribution in [1.29, 1.82) is 0 Å². The van der Waals surface area contributed by atoms with Crippen molar-refractivity contribution in [3.63, 3.8) is 0 Å². The van der Waals surface area contributed by atoms with Crippen molar-refractivity contribution in [3.05, 3.63) is 52.2 Å². The zero-order valence-electron chi connectivity index (χ0n) is 17.7. The second-order valence-electron chi connectivity index (χ2n) is 8.56. The molecule has 5 rings (SSSR count). The highest BCUT2D eigenvalue weighted by Crippen LogP contribution is 2.40. The molecule has 1 unspecified atom stereocenters. The van der Waals surface area contributed by atoms with Gasteiger partial charge in [-0.05, 0) is 54.9 Å². The second-order valence-corrected chi connectivity index (χ2v) is 9.64. The molecule has 0 spiro atoms. The number of piperazine rings is 1. The molecule has 1 amide bonds. The predicted octanol–water partition coefficient (Wildman–Crippen LogP) is 4.34. The van der Waals surface area contributed by atoms with E-state index in [2.05, 4.69) is 35.9 Å². The minimum Gasteiger partial charge on any atom is -0.352 e. The number of benzene rings is 1. The van der Waals surface area contributed by atoms with E-state index >= 15 is 0 Å². The van der Waals surface area contributed by atoms with Crippen LogP contribution in [0.1, 0.15) is 46.6 Å². The van der Waals surface area contributed by atoms with E-state index in [1.807, 2.05) is 28.4 Å². The molecule has 1 aliphatic heterocycles. The number of aryl methyl sites for hydroxylation is 2. The molecule has 5 nitrogen and oxygen atoms in total. The van der Waals surface area contributed by atoms with Gasteiger partial charge in [-0.25, -0.2) is 9.97 Å². The number of thiophene rings is 1. The van der Waals surface area contributed by atoms with Crippen molar-refractivity contribution < 1.29 is 4.79 Å². The maximum absolute atomic E-state index is 12.9. The molecule has 1 saturated heterocycles. The Morgan fingerprint density at radius 1 is 1.13 bits per heavy atom. The zero-order chi connectivity index (χ0) is 20.7. The van der Waals surface area contributed by atoms with E-state index in [9.17, 15) is 4.79 Å². The van der Waals surface area contributed by atoms with Gasteiger partial charge in [0.2, 0.25) is 0 Å². The summed E-state index contributed by atoms with van der Waals surface area (Å²) in [7, 11) is 0. The molecule has 1 atom stereocenters. The van der Waals surface area contributed by atoms with Gasteiger partial charge in [-0.15, -0.1) is 11.3 Å². The van der Waals surface area contributed by atoms with Gasteiger partial charge >= 0.3 is 0 Å². The molecule has 30 heavy (non-hydrogen) atoms. The first-order chi connectivity index (χ1) is 14.6. The molecule has 0 N–H and O–H groups in total. The molecule has 0 bridgehead atoms. The molecule has 3 heterocycles. The van der Waals surface area contributed by atoms with Gasteiger partial charge in [-0.2, -0.15) is 0 Å². The van der Waals surface area contributed by atoms with Crippen LogP contribution in [0, 0.1) is 5.92 Å². The SMILES string of the molecule is CCc1ccc(C(=O)N2CCN(c3ncnc4sc5c(c34)CCC(C)C5)CC2)cc1. The van der Waals surface area contributed by atoms with Gasteiger partial charge < -0.3 is 9.80 Å². The Labute approximate surface area is 181 Å². The number of hydrogen-bond acceptors (Lipinski definition) is 5. The van der Waals surface area contributed by atoms with Crippen LogP contribution in [0.2, 0.25) is 0 Å². The van der Waals surface area contributed by atoms with Crippen molar-refractivity contribution in [2.75, 3.05) is 31.1 Å². The highest BCUT2D eigenvalue weighted by molar-refractivity contribution is 7.19. The Morgan fingerprint density at radius 3 is 2.63 bits per heavy atom. The van der Waals surface area contributed by atoms with Gasteiger partial charge in [-0.3, -0.25) is 4.79 Å². The van der Waals surface area contributed by atoms with E-state index in [0.29, 0.717) is 0 Å². The summed E-state index contributed by atoms with van der Waals surface area (Å²) in [6, 6.07) is 8.03. The number of hydrogen-bond donors (Lipinski definition) is 0. The number of aromatic nitrogens is 2. The van der Waals surface area contributed by atoms with Crippen LogP contribution in [0.3, 0.4) is 0 Å². The molecule has 1 aromatic carbocycles. The number of fused-ring (bicyclic) bond motifs is 3. The molecule has 156 valence electrons. The zero-order valence-corrected chi connectivity index (χ0v) is 18.5. The molecule has 6 heteroatoms. The number of anilines is 1. The van der Waals surface area contributed by atoms with Crippen molar-refractivity contribution in [1.82, 2.24) is 14.9 Å². The maximum atomic E-state index is 12.9. The topological polar surface area (TPSA) is 49.3 Å². The third-order valence-electron chi connectivity index (χ3n) is 6.55. The first-order valence-corrected chi connectivity index (χ1v) is 11.8. The van der Waals surface area contributed by atoms with Crippen LogP contribution in [-0.2, 0) is 19.3 Å². The average Bonchev–Trinajstić information content (AvgIpc) is 3.16. The van der Waals surface area contributed by atoms with Crippen LogP contribution >= 0.6 is 11.3 Å². The molecule has 0 radical (unpaired) electrons. The van der Waals surface area contributed by atoms with Gasteiger partial charge in [-0.1, -0.05) is 26.0 Å². The molecule has 0 saturated carbocycles. The van der Waals surface area contributed by atoms with Gasteiger partial charge in [0.05, 0.1) is 5.39 Å². The molecule has 1 aliphatic carbocycles. The molecule has 2 aromatic heterocycles. The molecular formula is C24H28N4OS. The maximum Gasteiger partial charge on any atom is 0.253 e. The molecule has 1 fully saturated rings. The van der Waals surface area contributed by atoms with Crippen LogP contribution in [0.15, 0.2) is 30.6 Å². The normalized spacial score (nSPS) is 19.2. The number of carbonyl (C=O) groups excluding carboxylic acids is 1. The van der Waals surface area contributed by atoms with E-state index < -0.39 is 0 Å². The lowest BCUT2D eigenvalue weighted by Gasteiger charge is -2.36. The summed E-state index contributed by atoms with van der Waals surface area (Å²) in [6.07, 6.45) is 6.23. The van der Waals surface area contributed by atoms with E-state index in [1.54, 1.807) is 6.33 Å². The summed E-state index contributed by atoms with van der Waals surface area (Å²) in [5, 5.41) is 1.26. The fraction of sp³-hybridized carbons (Fsp3) is 0.458. The first-order valence-electron chi connectivity index (χ1n) is 11.0. The quantitative estimate of drug-likeness (QED) is 0.632. The fourth-order valence-corrected chi connectivity index (χ4v) is 6.03. The standard InChI is InChI=1S/C24H28N4OS/c1-3-17-5-7-18(8-6-17)24(29)28-12-10-27(11-13-28)22-21-19-9-4-16(2)14-20(19)30-23(21)26-15-25-22/h5-8,15-16H,3-4,9-14H2,1-2H3. The number of nitrogens with zero attached hydrogens (tertiary/aromatic N) is 4. The lowest BCUT2D eigenvalue weighted by atomic mass is 9.89. The molecular weight excluding hydrogens is 392 g/mol. The van der Waals surface area contributed by atoms with Gasteiger partial charge in [0, 0.05) is 36.6 Å². The van der Waals surface area contributed by atoms with Crippen LogP contribution in [-0.4, -0.2) is 47.0 Å². The Bertz CT molecular complexity index is 1070. The van der Waals surface area contributed by atoms with Crippen LogP contribution in [0.4, 0.5) is 5.82 Å². The third kappa shape index (κ3) is 3.47. The van der Waals surface area contributed by atoms with Crippen LogP contribution in [0.25, 0.3) is 10.2 Å². The lowest BCUT2D eigenvalue weighted by molar-refractivity contribution is 0.0746. The van der Waals surface area contributed by atoms with E-state index in [-0.39, 0.29) is 5.91 Å². The van der Waals surface area contributed by atoms with Crippen molar-refractivity contribution in [2.45, 2.75) is 39.5 Å². The average molecular weight is 421 g/mol. The largest absolute Gasteiger partial charge is 0.352 e.